The van der Waals surface area contributed by atoms with Crippen LogP contribution >= 0.6 is 15.9 Å². The van der Waals surface area contributed by atoms with Gasteiger partial charge >= 0.3 is 0 Å². The number of aromatic nitrogens is 2. The van der Waals surface area contributed by atoms with Crippen LogP contribution in [0.1, 0.15) is 5.82 Å². The molecule has 0 saturated carbocycles. The number of nitrogens with two attached hydrogens (primary N) is 1. The van der Waals surface area contributed by atoms with Crippen molar-refractivity contribution in [2.75, 3.05) is 5.73 Å². The maximum Gasteiger partial charge on any atom is 0.111 e. The minimum atomic E-state index is 0.732. The highest BCUT2D eigenvalue weighted by Crippen LogP contribution is 2.27. The van der Waals surface area contributed by atoms with E-state index in [2.05, 4.69) is 31.5 Å². The lowest BCUT2D eigenvalue weighted by molar-refractivity contribution is 1.00. The van der Waals surface area contributed by atoms with Crippen LogP contribution in [0, 0.1) is 6.92 Å². The van der Waals surface area contributed by atoms with E-state index in [1.54, 1.807) is 0 Å². The van der Waals surface area contributed by atoms with Gasteiger partial charge in [-0.25, -0.2) is 4.98 Å². The molecule has 1 aromatic heterocycles. The summed E-state index contributed by atoms with van der Waals surface area (Å²) in [6, 6.07) is 14.0. The molecule has 0 unspecified atom stereocenters. The average Bonchev–Trinajstić information content (AvgIpc) is 2.66. The van der Waals surface area contributed by atoms with Gasteiger partial charge in [0.1, 0.15) is 5.82 Å². The molecule has 0 radical (unpaired) electrons. The highest BCUT2D eigenvalue weighted by Gasteiger charge is 2.10. The highest BCUT2D eigenvalue weighted by atomic mass is 79.9. The number of aryl methyl sites for hydroxylation is 1. The van der Waals surface area contributed by atoms with E-state index in [0.717, 1.165) is 32.7 Å². The van der Waals surface area contributed by atoms with Crippen molar-refractivity contribution in [1.82, 2.24) is 9.55 Å². The fraction of sp³-hybridized carbons (Fsp3) is 0.0714. The monoisotopic (exact) mass is 301 g/mol. The molecule has 3 nitrogen and oxygen atoms in total. The predicted molar refractivity (Wildman–Crippen MR) is 77.9 cm³/mol. The van der Waals surface area contributed by atoms with Crippen LogP contribution in [-0.2, 0) is 0 Å². The van der Waals surface area contributed by atoms with Gasteiger partial charge in [0.2, 0.25) is 0 Å². The van der Waals surface area contributed by atoms with Gasteiger partial charge in [-0.3, -0.25) is 4.57 Å². The highest BCUT2D eigenvalue weighted by molar-refractivity contribution is 9.10. The summed E-state index contributed by atoms with van der Waals surface area (Å²) < 4.78 is 3.06. The third kappa shape index (κ3) is 1.69. The van der Waals surface area contributed by atoms with Crippen molar-refractivity contribution in [1.29, 1.82) is 0 Å². The molecule has 0 fully saturated rings. The summed E-state index contributed by atoms with van der Waals surface area (Å²) in [5.74, 6) is 0.935. The largest absolute Gasteiger partial charge is 0.397 e. The second kappa shape index (κ2) is 4.14. The lowest BCUT2D eigenvalue weighted by Gasteiger charge is -2.10. The molecule has 0 aliphatic heterocycles. The number of benzene rings is 2. The Kier molecular flexibility index (Phi) is 2.59. The van der Waals surface area contributed by atoms with Gasteiger partial charge in [-0.1, -0.05) is 28.1 Å². The molecule has 4 heteroatoms. The molecule has 0 amide bonds. The van der Waals surface area contributed by atoms with Crippen LogP contribution in [0.25, 0.3) is 16.7 Å². The first-order chi connectivity index (χ1) is 8.66. The topological polar surface area (TPSA) is 43.8 Å². The first-order valence-electron chi connectivity index (χ1n) is 5.66. The van der Waals surface area contributed by atoms with Gasteiger partial charge in [0.15, 0.2) is 0 Å². The van der Waals surface area contributed by atoms with Gasteiger partial charge in [0.25, 0.3) is 0 Å². The summed E-state index contributed by atoms with van der Waals surface area (Å²) in [7, 11) is 0. The molecule has 0 bridgehead atoms. The molecule has 3 rings (SSSR count). The number of imidazole rings is 1. The van der Waals surface area contributed by atoms with Crippen LogP contribution in [0.4, 0.5) is 5.69 Å². The number of anilines is 1. The smallest absolute Gasteiger partial charge is 0.111 e. The number of hydrogen-bond donors (Lipinski definition) is 1. The molecule has 0 atom stereocenters. The van der Waals surface area contributed by atoms with Crippen molar-refractivity contribution in [2.24, 2.45) is 0 Å². The molecule has 3 aromatic rings. The standard InChI is InChI=1S/C14H12BrN3/c1-9-17-12-4-2-3-5-14(12)18(9)13-7-6-10(15)8-11(13)16/h2-8H,16H2,1H3. The zero-order valence-electron chi connectivity index (χ0n) is 9.89. The average molecular weight is 302 g/mol. The van der Waals surface area contributed by atoms with Crippen molar-refractivity contribution < 1.29 is 0 Å². The number of rotatable bonds is 1. The molecular weight excluding hydrogens is 290 g/mol. The van der Waals surface area contributed by atoms with Gasteiger partial charge in [-0.15, -0.1) is 0 Å². The summed E-state index contributed by atoms with van der Waals surface area (Å²) >= 11 is 3.42. The molecule has 90 valence electrons. The summed E-state index contributed by atoms with van der Waals surface area (Å²) in [6.45, 7) is 1.99. The lowest BCUT2D eigenvalue weighted by atomic mass is 10.2. The van der Waals surface area contributed by atoms with Gasteiger partial charge in [-0.05, 0) is 37.3 Å². The molecule has 2 aromatic carbocycles. The molecule has 0 spiro atoms. The Hall–Kier alpha value is -1.81. The third-order valence-electron chi connectivity index (χ3n) is 2.96. The number of fused-ring (bicyclic) bond motifs is 1. The van der Waals surface area contributed by atoms with Gasteiger partial charge in [-0.2, -0.15) is 0 Å². The summed E-state index contributed by atoms with van der Waals surface area (Å²) in [5, 5.41) is 0. The summed E-state index contributed by atoms with van der Waals surface area (Å²) in [4.78, 5) is 4.55. The van der Waals surface area contributed by atoms with E-state index in [1.165, 1.54) is 0 Å². The molecule has 18 heavy (non-hydrogen) atoms. The minimum Gasteiger partial charge on any atom is -0.397 e. The Balaban J connectivity index is 2.34. The van der Waals surface area contributed by atoms with Gasteiger partial charge < -0.3 is 5.73 Å². The number of halogens is 1. The van der Waals surface area contributed by atoms with Crippen LogP contribution in [0.5, 0.6) is 0 Å². The first kappa shape index (κ1) is 11.3. The summed E-state index contributed by atoms with van der Waals surface area (Å²) in [5.41, 5.74) is 9.85. The van der Waals surface area contributed by atoms with Crippen molar-refractivity contribution in [2.45, 2.75) is 6.92 Å². The van der Waals surface area contributed by atoms with Crippen molar-refractivity contribution >= 4 is 32.7 Å². The fourth-order valence-corrected chi connectivity index (χ4v) is 2.56. The van der Waals surface area contributed by atoms with Crippen LogP contribution in [0.15, 0.2) is 46.9 Å². The van der Waals surface area contributed by atoms with Crippen molar-refractivity contribution in [3.05, 3.63) is 52.8 Å². The second-order valence-corrected chi connectivity index (χ2v) is 5.10. The Labute approximate surface area is 113 Å². The van der Waals surface area contributed by atoms with Crippen LogP contribution in [-0.4, -0.2) is 9.55 Å². The Bertz CT molecular complexity index is 731. The number of hydrogen-bond acceptors (Lipinski definition) is 2. The quantitative estimate of drug-likeness (QED) is 0.697. The Morgan fingerprint density at radius 3 is 2.72 bits per heavy atom. The van der Waals surface area contributed by atoms with Crippen molar-refractivity contribution in [3.63, 3.8) is 0 Å². The third-order valence-corrected chi connectivity index (χ3v) is 3.45. The zero-order valence-corrected chi connectivity index (χ0v) is 11.5. The molecule has 1 heterocycles. The van der Waals surface area contributed by atoms with E-state index in [0.29, 0.717) is 0 Å². The van der Waals surface area contributed by atoms with Crippen molar-refractivity contribution in [3.8, 4) is 5.69 Å². The van der Waals surface area contributed by atoms with Crippen LogP contribution in [0.2, 0.25) is 0 Å². The first-order valence-corrected chi connectivity index (χ1v) is 6.45. The van der Waals surface area contributed by atoms with E-state index in [-0.39, 0.29) is 0 Å². The second-order valence-electron chi connectivity index (χ2n) is 4.19. The number of nitrogen functional groups attached to an aromatic ring is 1. The molecule has 0 aliphatic carbocycles. The molecular formula is C14H12BrN3. The molecule has 0 aliphatic rings. The van der Waals surface area contributed by atoms with E-state index in [9.17, 15) is 0 Å². The zero-order chi connectivity index (χ0) is 12.7. The van der Waals surface area contributed by atoms with E-state index < -0.39 is 0 Å². The molecule has 2 N–H and O–H groups in total. The molecule has 0 saturated heterocycles. The Morgan fingerprint density at radius 1 is 1.17 bits per heavy atom. The van der Waals surface area contributed by atoms with E-state index in [4.69, 9.17) is 5.73 Å². The minimum absolute atomic E-state index is 0.732. The van der Waals surface area contributed by atoms with Gasteiger partial charge in [0, 0.05) is 4.47 Å². The van der Waals surface area contributed by atoms with E-state index >= 15 is 0 Å². The number of para-hydroxylation sites is 2. The fourth-order valence-electron chi connectivity index (χ4n) is 2.18. The maximum atomic E-state index is 6.09. The Morgan fingerprint density at radius 2 is 1.94 bits per heavy atom. The van der Waals surface area contributed by atoms with Crippen LogP contribution < -0.4 is 5.73 Å². The lowest BCUT2D eigenvalue weighted by Crippen LogP contribution is -2.01. The van der Waals surface area contributed by atoms with E-state index in [1.807, 2.05) is 43.3 Å². The predicted octanol–water partition coefficient (Wildman–Crippen LogP) is 3.68. The van der Waals surface area contributed by atoms with Crippen LogP contribution in [0.3, 0.4) is 0 Å². The number of nitrogens with zero attached hydrogens (tertiary/aromatic N) is 2. The maximum absolute atomic E-state index is 6.09. The van der Waals surface area contributed by atoms with Gasteiger partial charge in [0.05, 0.1) is 22.4 Å². The summed E-state index contributed by atoms with van der Waals surface area (Å²) in [6.07, 6.45) is 0. The SMILES string of the molecule is Cc1nc2ccccc2n1-c1ccc(Br)cc1N. The normalized spacial score (nSPS) is 11.0.